The van der Waals surface area contributed by atoms with Crippen LogP contribution in [0.1, 0.15) is 52.7 Å². The maximum absolute atomic E-state index is 13.9. The predicted octanol–water partition coefficient (Wildman–Crippen LogP) is 5.65. The lowest BCUT2D eigenvalue weighted by molar-refractivity contribution is -0.120. The van der Waals surface area contributed by atoms with Crippen LogP contribution < -0.4 is 15.5 Å². The number of nitrogens with one attached hydrogen (secondary N) is 2. The molecule has 6 rings (SSSR count). The van der Waals surface area contributed by atoms with E-state index in [-0.39, 0.29) is 36.8 Å². The lowest BCUT2D eigenvalue weighted by Gasteiger charge is -2.36. The summed E-state index contributed by atoms with van der Waals surface area (Å²) in [5.74, 6) is -0.612. The van der Waals surface area contributed by atoms with Crippen molar-refractivity contribution < 1.29 is 23.9 Å². The number of rotatable bonds is 7. The first-order chi connectivity index (χ1) is 23.9. The molecule has 0 unspecified atom stereocenters. The SMILES string of the molecule is CC(C)(C)OC(=O)N1CCN(c2ccc(NC(=O)c3ccc(CN4C(=O)c5ccc(Cl)cc5NC(=O)[C@H]4Cc4ccccn4)cc3)nc2)CC1. The van der Waals surface area contributed by atoms with E-state index in [0.29, 0.717) is 59.5 Å². The number of halogens is 1. The van der Waals surface area contributed by atoms with Gasteiger partial charge >= 0.3 is 6.09 Å². The Labute approximate surface area is 295 Å². The van der Waals surface area contributed by atoms with Crippen molar-refractivity contribution in [2.45, 2.75) is 45.4 Å². The molecule has 0 spiro atoms. The normalized spacial score (nSPS) is 16.3. The molecule has 12 nitrogen and oxygen atoms in total. The van der Waals surface area contributed by atoms with Crippen LogP contribution in [0.4, 0.5) is 22.0 Å². The van der Waals surface area contributed by atoms with Gasteiger partial charge in [-0.3, -0.25) is 19.4 Å². The van der Waals surface area contributed by atoms with Crippen LogP contribution in [-0.4, -0.2) is 81.4 Å². The minimum atomic E-state index is -0.838. The number of hydrogen-bond donors (Lipinski definition) is 2. The van der Waals surface area contributed by atoms with Crippen LogP contribution in [0.5, 0.6) is 0 Å². The molecule has 4 heterocycles. The Balaban J connectivity index is 1.10. The van der Waals surface area contributed by atoms with Crippen molar-refractivity contribution in [3.05, 3.63) is 113 Å². The first kappa shape index (κ1) is 34.4. The third kappa shape index (κ3) is 8.20. The van der Waals surface area contributed by atoms with Gasteiger partial charge in [0.05, 0.1) is 23.1 Å². The Morgan fingerprint density at radius 1 is 0.960 bits per heavy atom. The summed E-state index contributed by atoms with van der Waals surface area (Å²) in [4.78, 5) is 67.0. The molecule has 2 aromatic heterocycles. The van der Waals surface area contributed by atoms with E-state index in [9.17, 15) is 19.2 Å². The summed E-state index contributed by atoms with van der Waals surface area (Å²) in [6, 6.07) is 19.9. The number of amides is 4. The van der Waals surface area contributed by atoms with Crippen LogP contribution in [0.3, 0.4) is 0 Å². The monoisotopic (exact) mass is 695 g/mol. The number of benzene rings is 2. The van der Waals surface area contributed by atoms with Crippen LogP contribution in [0.2, 0.25) is 5.02 Å². The van der Waals surface area contributed by atoms with E-state index in [1.807, 2.05) is 39.0 Å². The molecule has 258 valence electrons. The summed E-state index contributed by atoms with van der Waals surface area (Å²) in [7, 11) is 0. The fourth-order valence-corrected chi connectivity index (χ4v) is 6.00. The standard InChI is InChI=1S/C37H38ClN7O5/c1-37(2,3)50-36(49)44-18-16-43(17-19-44)28-12-14-32(40-22-28)42-33(46)25-9-7-24(8-10-25)23-45-31(21-27-6-4-5-15-39-27)34(47)41-30-20-26(38)11-13-29(30)35(45)48/h4-15,20,22,31H,16-19,21,23H2,1-3H3,(H,41,47)(H,40,42,46)/t31-/m1/s1. The smallest absolute Gasteiger partial charge is 0.410 e. The van der Waals surface area contributed by atoms with Crippen molar-refractivity contribution in [2.24, 2.45) is 0 Å². The molecule has 50 heavy (non-hydrogen) atoms. The molecule has 2 aromatic carbocycles. The van der Waals surface area contributed by atoms with Gasteiger partial charge in [-0.1, -0.05) is 29.8 Å². The van der Waals surface area contributed by atoms with Crippen LogP contribution >= 0.6 is 11.6 Å². The fourth-order valence-electron chi connectivity index (χ4n) is 5.83. The highest BCUT2D eigenvalue weighted by atomic mass is 35.5. The number of pyridine rings is 2. The molecular weight excluding hydrogens is 658 g/mol. The van der Waals surface area contributed by atoms with Crippen LogP contribution in [-0.2, 0) is 22.5 Å². The van der Waals surface area contributed by atoms with E-state index >= 15 is 0 Å². The largest absolute Gasteiger partial charge is 0.444 e. The van der Waals surface area contributed by atoms with Crippen molar-refractivity contribution >= 4 is 52.6 Å². The van der Waals surface area contributed by atoms with Gasteiger partial charge in [0, 0.05) is 61.6 Å². The molecule has 4 amide bonds. The zero-order valence-electron chi connectivity index (χ0n) is 28.1. The Morgan fingerprint density at radius 2 is 1.72 bits per heavy atom. The number of nitrogens with zero attached hydrogens (tertiary/aromatic N) is 5. The number of fused-ring (bicyclic) bond motifs is 1. The molecule has 0 bridgehead atoms. The van der Waals surface area contributed by atoms with E-state index in [1.54, 1.807) is 71.9 Å². The van der Waals surface area contributed by atoms with Crippen LogP contribution in [0, 0.1) is 0 Å². The predicted molar refractivity (Wildman–Crippen MR) is 190 cm³/mol. The summed E-state index contributed by atoms with van der Waals surface area (Å²) in [5, 5.41) is 6.10. The highest BCUT2D eigenvalue weighted by Gasteiger charge is 2.36. The maximum Gasteiger partial charge on any atom is 0.410 e. The summed E-state index contributed by atoms with van der Waals surface area (Å²) >= 11 is 6.18. The number of carbonyl (C=O) groups is 4. The van der Waals surface area contributed by atoms with Crippen molar-refractivity contribution in [3.63, 3.8) is 0 Å². The quantitative estimate of drug-likeness (QED) is 0.253. The molecule has 13 heteroatoms. The van der Waals surface area contributed by atoms with Gasteiger partial charge in [0.25, 0.3) is 11.8 Å². The van der Waals surface area contributed by atoms with Crippen LogP contribution in [0.15, 0.2) is 85.2 Å². The van der Waals surface area contributed by atoms with Gasteiger partial charge in [0.1, 0.15) is 17.5 Å². The second kappa shape index (κ2) is 14.6. The van der Waals surface area contributed by atoms with E-state index in [1.165, 1.54) is 4.90 Å². The summed E-state index contributed by atoms with van der Waals surface area (Å²) in [5.41, 5.74) is 2.85. The topological polar surface area (TPSA) is 137 Å². The molecule has 0 radical (unpaired) electrons. The van der Waals surface area contributed by atoms with E-state index in [2.05, 4.69) is 25.5 Å². The Kier molecular flexibility index (Phi) is 10.0. The molecular formula is C37H38ClN7O5. The molecule has 2 aliphatic rings. The van der Waals surface area contributed by atoms with Gasteiger partial charge in [0.2, 0.25) is 5.91 Å². The third-order valence-electron chi connectivity index (χ3n) is 8.39. The number of carbonyl (C=O) groups excluding carboxylic acids is 4. The van der Waals surface area contributed by atoms with Gasteiger partial charge in [-0.2, -0.15) is 0 Å². The Hall–Kier alpha value is -5.49. The van der Waals surface area contributed by atoms with Crippen LogP contribution in [0.25, 0.3) is 0 Å². The fraction of sp³-hybridized carbons (Fsp3) is 0.297. The molecule has 1 fully saturated rings. The number of piperazine rings is 1. The lowest BCUT2D eigenvalue weighted by atomic mass is 10.0. The van der Waals surface area contributed by atoms with Crippen molar-refractivity contribution in [1.82, 2.24) is 19.8 Å². The summed E-state index contributed by atoms with van der Waals surface area (Å²) < 4.78 is 5.48. The van der Waals surface area contributed by atoms with Gasteiger partial charge < -0.3 is 30.1 Å². The number of aromatic nitrogens is 2. The lowest BCUT2D eigenvalue weighted by Crippen LogP contribution is -2.50. The molecule has 0 saturated carbocycles. The summed E-state index contributed by atoms with van der Waals surface area (Å²) in [6.45, 7) is 8.02. The van der Waals surface area contributed by atoms with Crippen molar-refractivity contribution in [3.8, 4) is 0 Å². The van der Waals surface area contributed by atoms with Gasteiger partial charge in [-0.05, 0) is 80.9 Å². The zero-order valence-corrected chi connectivity index (χ0v) is 28.8. The number of hydrogen-bond acceptors (Lipinski definition) is 8. The first-order valence-electron chi connectivity index (χ1n) is 16.3. The number of ether oxygens (including phenoxy) is 1. The highest BCUT2D eigenvalue weighted by Crippen LogP contribution is 2.29. The van der Waals surface area contributed by atoms with Gasteiger partial charge in [0.15, 0.2) is 0 Å². The van der Waals surface area contributed by atoms with E-state index < -0.39 is 11.6 Å². The second-order valence-corrected chi connectivity index (χ2v) is 13.6. The maximum atomic E-state index is 13.9. The Bertz CT molecular complexity index is 1870. The minimum Gasteiger partial charge on any atom is -0.444 e. The minimum absolute atomic E-state index is 0.128. The van der Waals surface area contributed by atoms with Crippen molar-refractivity contribution in [2.75, 3.05) is 41.7 Å². The molecule has 4 aromatic rings. The van der Waals surface area contributed by atoms with Gasteiger partial charge in [-0.25, -0.2) is 9.78 Å². The molecule has 2 N–H and O–H groups in total. The highest BCUT2D eigenvalue weighted by molar-refractivity contribution is 6.31. The second-order valence-electron chi connectivity index (χ2n) is 13.2. The average molecular weight is 696 g/mol. The first-order valence-corrected chi connectivity index (χ1v) is 16.7. The van der Waals surface area contributed by atoms with E-state index in [0.717, 1.165) is 11.3 Å². The Morgan fingerprint density at radius 3 is 2.38 bits per heavy atom. The zero-order chi connectivity index (χ0) is 35.4. The van der Waals surface area contributed by atoms with Crippen molar-refractivity contribution in [1.29, 1.82) is 0 Å². The van der Waals surface area contributed by atoms with Gasteiger partial charge in [-0.15, -0.1) is 0 Å². The third-order valence-corrected chi connectivity index (χ3v) is 8.63. The van der Waals surface area contributed by atoms with E-state index in [4.69, 9.17) is 16.3 Å². The molecule has 2 aliphatic heterocycles. The number of anilines is 3. The summed E-state index contributed by atoms with van der Waals surface area (Å²) in [6.07, 6.45) is 3.25. The molecule has 0 aliphatic carbocycles. The average Bonchev–Trinajstić information content (AvgIpc) is 3.18. The molecule has 1 atom stereocenters. The molecule has 1 saturated heterocycles.